The fourth-order valence-corrected chi connectivity index (χ4v) is 1.24. The highest BCUT2D eigenvalue weighted by atomic mass is 32.2. The summed E-state index contributed by atoms with van der Waals surface area (Å²) in [6, 6.07) is 0. The molecule has 1 amide bonds. The average Bonchev–Trinajstić information content (AvgIpc) is 2.09. The van der Waals surface area contributed by atoms with Gasteiger partial charge in [0.15, 0.2) is 0 Å². The lowest BCUT2D eigenvalue weighted by molar-refractivity contribution is 0.0925. The van der Waals surface area contributed by atoms with Crippen LogP contribution >= 0.6 is 0 Å². The molecule has 6 nitrogen and oxygen atoms in total. The molecule has 0 spiro atoms. The number of carbonyl (C=O) groups excluding carboxylic acids is 1. The Balaban J connectivity index is 3.84. The van der Waals surface area contributed by atoms with Gasteiger partial charge in [-0.05, 0) is 0 Å². The standard InChI is InChI=1S/C7H15NO5S/c1-8(3-6-14(2,11)12)7(10)13-5-4-9/h9H,3-6H2,1-2H3. The number of rotatable bonds is 5. The number of carbonyl (C=O) groups is 1. The SMILES string of the molecule is CN(CCS(C)(=O)=O)C(=O)OCCO. The van der Waals surface area contributed by atoms with Crippen LogP contribution in [0, 0.1) is 0 Å². The first-order valence-electron chi connectivity index (χ1n) is 4.03. The predicted molar refractivity (Wildman–Crippen MR) is 50.8 cm³/mol. The minimum absolute atomic E-state index is 0.0813. The molecule has 14 heavy (non-hydrogen) atoms. The molecule has 0 rings (SSSR count). The van der Waals surface area contributed by atoms with E-state index < -0.39 is 15.9 Å². The molecule has 1 N–H and O–H groups in total. The summed E-state index contributed by atoms with van der Waals surface area (Å²) in [6.07, 6.45) is 0.461. The quantitative estimate of drug-likeness (QED) is 0.655. The van der Waals surface area contributed by atoms with Gasteiger partial charge in [0.25, 0.3) is 0 Å². The van der Waals surface area contributed by atoms with Crippen molar-refractivity contribution >= 4 is 15.9 Å². The summed E-state index contributed by atoms with van der Waals surface area (Å²) in [4.78, 5) is 12.2. The summed E-state index contributed by atoms with van der Waals surface area (Å²) in [5, 5.41) is 8.36. The van der Waals surface area contributed by atoms with Crippen LogP contribution in [0.15, 0.2) is 0 Å². The van der Waals surface area contributed by atoms with Crippen molar-refractivity contribution in [3.05, 3.63) is 0 Å². The normalized spacial score (nSPS) is 11.1. The molecule has 0 saturated heterocycles. The van der Waals surface area contributed by atoms with Gasteiger partial charge in [-0.2, -0.15) is 0 Å². The van der Waals surface area contributed by atoms with E-state index in [9.17, 15) is 13.2 Å². The van der Waals surface area contributed by atoms with Crippen molar-refractivity contribution in [2.75, 3.05) is 38.8 Å². The Labute approximate surface area is 83.4 Å². The van der Waals surface area contributed by atoms with Crippen molar-refractivity contribution in [2.24, 2.45) is 0 Å². The summed E-state index contributed by atoms with van der Waals surface area (Å²) in [6.45, 7) is -0.239. The molecule has 0 atom stereocenters. The maximum Gasteiger partial charge on any atom is 0.409 e. The van der Waals surface area contributed by atoms with Crippen LogP contribution in [-0.4, -0.2) is 63.3 Å². The van der Waals surface area contributed by atoms with E-state index in [0.29, 0.717) is 0 Å². The first-order chi connectivity index (χ1) is 6.37. The van der Waals surface area contributed by atoms with E-state index >= 15 is 0 Å². The first-order valence-corrected chi connectivity index (χ1v) is 6.09. The molecule has 84 valence electrons. The molecule has 0 aliphatic carbocycles. The van der Waals surface area contributed by atoms with Gasteiger partial charge in [-0.1, -0.05) is 0 Å². The highest BCUT2D eigenvalue weighted by Gasteiger charge is 2.11. The van der Waals surface area contributed by atoms with Gasteiger partial charge in [-0.3, -0.25) is 0 Å². The Morgan fingerprint density at radius 3 is 2.50 bits per heavy atom. The average molecular weight is 225 g/mol. The molecular formula is C7H15NO5S. The van der Waals surface area contributed by atoms with Crippen molar-refractivity contribution in [3.8, 4) is 0 Å². The van der Waals surface area contributed by atoms with Crippen molar-refractivity contribution < 1.29 is 23.1 Å². The number of aliphatic hydroxyl groups excluding tert-OH is 1. The van der Waals surface area contributed by atoms with E-state index in [0.717, 1.165) is 11.2 Å². The molecule has 0 radical (unpaired) electrons. The van der Waals surface area contributed by atoms with Crippen LogP contribution in [0.1, 0.15) is 0 Å². The Morgan fingerprint density at radius 2 is 2.07 bits per heavy atom. The third kappa shape index (κ3) is 6.67. The highest BCUT2D eigenvalue weighted by Crippen LogP contribution is 1.92. The summed E-state index contributed by atoms with van der Waals surface area (Å²) in [5.41, 5.74) is 0. The third-order valence-electron chi connectivity index (χ3n) is 1.43. The molecule has 0 saturated carbocycles. The molecule has 0 aromatic heterocycles. The van der Waals surface area contributed by atoms with Crippen molar-refractivity contribution in [1.29, 1.82) is 0 Å². The monoisotopic (exact) mass is 225 g/mol. The smallest absolute Gasteiger partial charge is 0.409 e. The fourth-order valence-electron chi connectivity index (χ4n) is 0.637. The number of nitrogens with zero attached hydrogens (tertiary/aromatic N) is 1. The summed E-state index contributed by atoms with van der Waals surface area (Å²) < 4.78 is 26.1. The lowest BCUT2D eigenvalue weighted by Gasteiger charge is -2.15. The summed E-state index contributed by atoms with van der Waals surface area (Å²) >= 11 is 0. The van der Waals surface area contributed by atoms with E-state index in [2.05, 4.69) is 4.74 Å². The number of aliphatic hydroxyl groups is 1. The van der Waals surface area contributed by atoms with Crippen LogP contribution in [-0.2, 0) is 14.6 Å². The minimum Gasteiger partial charge on any atom is -0.447 e. The Hall–Kier alpha value is -0.820. The van der Waals surface area contributed by atoms with Crippen LogP contribution in [0.3, 0.4) is 0 Å². The zero-order valence-electron chi connectivity index (χ0n) is 8.26. The summed E-state index contributed by atoms with van der Waals surface area (Å²) in [5.74, 6) is -0.0995. The maximum absolute atomic E-state index is 11.0. The third-order valence-corrected chi connectivity index (χ3v) is 2.35. The van der Waals surface area contributed by atoms with Crippen LogP contribution in [0.25, 0.3) is 0 Å². The molecule has 7 heteroatoms. The van der Waals surface area contributed by atoms with Crippen LogP contribution in [0.2, 0.25) is 0 Å². The maximum atomic E-state index is 11.0. The van der Waals surface area contributed by atoms with Crippen molar-refractivity contribution in [1.82, 2.24) is 4.90 Å². The molecule has 0 unspecified atom stereocenters. The van der Waals surface area contributed by atoms with Crippen LogP contribution < -0.4 is 0 Å². The van der Waals surface area contributed by atoms with Gasteiger partial charge in [0.2, 0.25) is 0 Å². The molecule has 0 heterocycles. The Kier molecular flexibility index (Phi) is 5.47. The zero-order valence-corrected chi connectivity index (χ0v) is 9.08. The van der Waals surface area contributed by atoms with E-state index in [1.165, 1.54) is 7.05 Å². The second kappa shape index (κ2) is 5.82. The minimum atomic E-state index is -3.07. The van der Waals surface area contributed by atoms with Gasteiger partial charge >= 0.3 is 6.09 Å². The molecular weight excluding hydrogens is 210 g/mol. The Bertz CT molecular complexity index is 274. The van der Waals surface area contributed by atoms with Gasteiger partial charge in [-0.25, -0.2) is 13.2 Å². The lowest BCUT2D eigenvalue weighted by Crippen LogP contribution is -2.32. The topological polar surface area (TPSA) is 83.9 Å². The summed E-state index contributed by atoms with van der Waals surface area (Å²) in [7, 11) is -1.64. The van der Waals surface area contributed by atoms with Crippen LogP contribution in [0.4, 0.5) is 4.79 Å². The van der Waals surface area contributed by atoms with Gasteiger partial charge < -0.3 is 14.7 Å². The predicted octanol–water partition coefficient (Wildman–Crippen LogP) is -0.908. The van der Waals surface area contributed by atoms with Gasteiger partial charge in [0, 0.05) is 19.8 Å². The second-order valence-corrected chi connectivity index (χ2v) is 5.15. The zero-order chi connectivity index (χ0) is 11.2. The van der Waals surface area contributed by atoms with E-state index in [1.807, 2.05) is 0 Å². The number of sulfone groups is 1. The number of amides is 1. The first kappa shape index (κ1) is 13.2. The number of hydrogen-bond acceptors (Lipinski definition) is 5. The van der Waals surface area contributed by atoms with Gasteiger partial charge in [0.1, 0.15) is 16.4 Å². The molecule has 0 fully saturated rings. The molecule has 0 aliphatic rings. The van der Waals surface area contributed by atoms with Crippen LogP contribution in [0.5, 0.6) is 0 Å². The Morgan fingerprint density at radius 1 is 1.50 bits per heavy atom. The van der Waals surface area contributed by atoms with Gasteiger partial charge in [-0.15, -0.1) is 0 Å². The van der Waals surface area contributed by atoms with Crippen molar-refractivity contribution in [2.45, 2.75) is 0 Å². The largest absolute Gasteiger partial charge is 0.447 e. The van der Waals surface area contributed by atoms with Gasteiger partial charge in [0.05, 0.1) is 12.4 Å². The van der Waals surface area contributed by atoms with E-state index in [1.54, 1.807) is 0 Å². The van der Waals surface area contributed by atoms with Crippen molar-refractivity contribution in [3.63, 3.8) is 0 Å². The molecule has 0 aliphatic heterocycles. The molecule has 0 aromatic rings. The highest BCUT2D eigenvalue weighted by molar-refractivity contribution is 7.90. The number of ether oxygens (including phenoxy) is 1. The molecule has 0 bridgehead atoms. The molecule has 0 aromatic carbocycles. The number of hydrogen-bond donors (Lipinski definition) is 1. The second-order valence-electron chi connectivity index (χ2n) is 2.89. The fraction of sp³-hybridized carbons (Fsp3) is 0.857. The van der Waals surface area contributed by atoms with E-state index in [4.69, 9.17) is 5.11 Å². The lowest BCUT2D eigenvalue weighted by atomic mass is 10.6. The van der Waals surface area contributed by atoms with E-state index in [-0.39, 0.29) is 25.5 Å².